The van der Waals surface area contributed by atoms with Crippen LogP contribution in [0.2, 0.25) is 0 Å². The van der Waals surface area contributed by atoms with Gasteiger partial charge in [0.1, 0.15) is 17.2 Å². The van der Waals surface area contributed by atoms with Crippen LogP contribution in [0, 0.1) is 0 Å². The van der Waals surface area contributed by atoms with E-state index in [2.05, 4.69) is 10.6 Å². The van der Waals surface area contributed by atoms with Gasteiger partial charge in [-0.1, -0.05) is 18.2 Å². The minimum absolute atomic E-state index is 0.0358. The molecule has 1 fully saturated rings. The Labute approximate surface area is 245 Å². The minimum Gasteiger partial charge on any atom is -0.506 e. The van der Waals surface area contributed by atoms with Crippen molar-refractivity contribution in [3.05, 3.63) is 97.4 Å². The van der Waals surface area contributed by atoms with Crippen molar-refractivity contribution in [2.45, 2.75) is 19.8 Å². The summed E-state index contributed by atoms with van der Waals surface area (Å²) in [6.45, 7) is 2.50. The zero-order chi connectivity index (χ0) is 32.0. The van der Waals surface area contributed by atoms with Crippen LogP contribution < -0.4 is 27.2 Å². The van der Waals surface area contributed by atoms with Crippen molar-refractivity contribution in [1.82, 2.24) is 14.9 Å². The molecule has 4 amide bonds. The number of imide groups is 1. The number of hydrogen-bond donors (Lipinski definition) is 6. The average Bonchev–Trinajstić information content (AvgIpc) is 2.92. The number of piperidine rings is 1. The molecule has 1 aliphatic heterocycles. The van der Waals surface area contributed by atoms with Crippen LogP contribution >= 0.6 is 0 Å². The highest BCUT2D eigenvalue weighted by Gasteiger charge is 2.48. The number of rotatable bonds is 5. The summed E-state index contributed by atoms with van der Waals surface area (Å²) in [4.78, 5) is 102. The lowest BCUT2D eigenvalue weighted by atomic mass is 9.76. The maximum Gasteiger partial charge on any atom is 0.335 e. The van der Waals surface area contributed by atoms with Crippen molar-refractivity contribution in [1.29, 1.82) is 0 Å². The fraction of sp³-hybridized carbons (Fsp3) is 0.103. The van der Waals surface area contributed by atoms with Crippen LogP contribution in [-0.2, 0) is 28.8 Å². The Balaban J connectivity index is 1.62. The van der Waals surface area contributed by atoms with Crippen LogP contribution in [0.25, 0.3) is 11.3 Å². The predicted molar refractivity (Wildman–Crippen MR) is 152 cm³/mol. The molecular weight excluding hydrogens is 578 g/mol. The zero-order valence-corrected chi connectivity index (χ0v) is 22.8. The largest absolute Gasteiger partial charge is 0.506 e. The van der Waals surface area contributed by atoms with Gasteiger partial charge in [-0.25, -0.2) is 9.36 Å². The van der Waals surface area contributed by atoms with Gasteiger partial charge in [-0.2, -0.15) is 0 Å². The fourth-order valence-corrected chi connectivity index (χ4v) is 4.94. The number of hydrogen-bond acceptors (Lipinski definition) is 10. The summed E-state index contributed by atoms with van der Waals surface area (Å²) in [6.07, 6.45) is 0. The van der Waals surface area contributed by atoms with Gasteiger partial charge in [0.15, 0.2) is 5.78 Å². The van der Waals surface area contributed by atoms with E-state index in [1.165, 1.54) is 62.4 Å². The molecule has 1 aliphatic carbocycles. The highest BCUT2D eigenvalue weighted by molar-refractivity contribution is 6.46. The topological polar surface area (TPSA) is 234 Å². The van der Waals surface area contributed by atoms with Gasteiger partial charge < -0.3 is 20.8 Å². The van der Waals surface area contributed by atoms with Crippen molar-refractivity contribution >= 4 is 52.1 Å². The van der Waals surface area contributed by atoms with Gasteiger partial charge in [-0.05, 0) is 35.9 Å². The molecule has 5 rings (SSSR count). The number of aliphatic hydroxyl groups excluding tert-OH is 1. The Bertz CT molecular complexity index is 2050. The monoisotopic (exact) mass is 599 g/mol. The number of nitrogens with zero attached hydrogens (tertiary/aromatic N) is 1. The molecule has 1 saturated heterocycles. The molecule has 0 bridgehead atoms. The first-order valence-electron chi connectivity index (χ1n) is 12.8. The Morgan fingerprint density at radius 3 is 2.05 bits per heavy atom. The number of carbonyl (C=O) groups is 6. The number of aromatic hydroxyl groups is 1. The van der Waals surface area contributed by atoms with Crippen molar-refractivity contribution in [3.8, 4) is 11.6 Å². The van der Waals surface area contributed by atoms with Crippen molar-refractivity contribution in [3.63, 3.8) is 0 Å². The second kappa shape index (κ2) is 10.8. The van der Waals surface area contributed by atoms with E-state index < -0.39 is 86.3 Å². The number of anilines is 2. The fourth-order valence-electron chi connectivity index (χ4n) is 4.94. The van der Waals surface area contributed by atoms with E-state index in [-0.39, 0.29) is 22.6 Å². The van der Waals surface area contributed by atoms with Gasteiger partial charge in [-0.3, -0.25) is 43.9 Å². The van der Waals surface area contributed by atoms with Gasteiger partial charge >= 0.3 is 5.69 Å². The van der Waals surface area contributed by atoms with Gasteiger partial charge in [0, 0.05) is 25.2 Å². The lowest BCUT2D eigenvalue weighted by Gasteiger charge is -2.28. The maximum absolute atomic E-state index is 13.5. The summed E-state index contributed by atoms with van der Waals surface area (Å²) in [5.41, 5.74) is -5.15. The van der Waals surface area contributed by atoms with E-state index in [0.29, 0.717) is 4.57 Å². The van der Waals surface area contributed by atoms with Gasteiger partial charge in [-0.15, -0.1) is 0 Å². The van der Waals surface area contributed by atoms with Crippen molar-refractivity contribution < 1.29 is 39.0 Å². The number of H-pyrrole nitrogens is 1. The smallest absolute Gasteiger partial charge is 0.335 e. The molecule has 0 saturated carbocycles. The quantitative estimate of drug-likeness (QED) is 0.102. The molecule has 1 atom stereocenters. The van der Waals surface area contributed by atoms with Gasteiger partial charge in [0.25, 0.3) is 11.5 Å². The molecule has 222 valence electrons. The zero-order valence-electron chi connectivity index (χ0n) is 22.8. The molecule has 1 unspecified atom stereocenters. The Kier molecular flexibility index (Phi) is 7.14. The van der Waals surface area contributed by atoms with E-state index >= 15 is 0 Å². The molecular formula is C29H21N5O10. The predicted octanol–water partition coefficient (Wildman–Crippen LogP) is 0.306. The van der Waals surface area contributed by atoms with Crippen LogP contribution in [0.1, 0.15) is 30.9 Å². The third-order valence-electron chi connectivity index (χ3n) is 6.71. The van der Waals surface area contributed by atoms with E-state index in [4.69, 9.17) is 0 Å². The number of aliphatic hydroxyl groups is 1. The maximum atomic E-state index is 13.5. The first kappa shape index (κ1) is 29.1. The van der Waals surface area contributed by atoms with Crippen LogP contribution in [0.5, 0.6) is 5.88 Å². The highest BCUT2D eigenvalue weighted by Crippen LogP contribution is 2.41. The summed E-state index contributed by atoms with van der Waals surface area (Å²) in [6, 6.07) is 11.2. The highest BCUT2D eigenvalue weighted by atomic mass is 16.3. The van der Waals surface area contributed by atoms with Crippen molar-refractivity contribution in [2.75, 3.05) is 10.6 Å². The molecule has 15 nitrogen and oxygen atoms in total. The number of benzene rings is 2. The number of nitrogens with one attached hydrogen (secondary N) is 4. The van der Waals surface area contributed by atoms with E-state index in [1.54, 1.807) is 0 Å². The number of carbonyl (C=O) groups excluding carboxylic acids is 6. The SMILES string of the molecule is CC(=O)Nc1cccc(C2C(=O)NC(=O)C(=C3C(=O)C(c4c(O)n(-c5cccc(NC(C)=O)c5)c(=O)[nH]c4=O)=C3O)C2=O)c1. The van der Waals surface area contributed by atoms with E-state index in [9.17, 15) is 48.6 Å². The normalized spacial score (nSPS) is 18.1. The standard InChI is InChI=1S/C29H21N5O10/c1-11(35)30-14-6-3-5-13(9-14)17-22(37)20(26(41)32-25(17)40)18-23(38)19(24(18)39)21-27(42)33-29(44)34(28(21)43)16-8-4-7-15(10-16)31-12(2)36/h3-10,17,38,43H,1-2H3,(H,30,35)(H,31,36)(H,32,40,41)(H,33,42,44). The summed E-state index contributed by atoms with van der Waals surface area (Å²) < 4.78 is 0.607. The molecule has 3 aromatic rings. The van der Waals surface area contributed by atoms with Crippen LogP contribution in [0.4, 0.5) is 11.4 Å². The lowest BCUT2D eigenvalue weighted by molar-refractivity contribution is -0.137. The number of Topliss-reactive ketones (excluding diaryl/α,β-unsaturated/α-hetero) is 2. The minimum atomic E-state index is -1.64. The van der Waals surface area contributed by atoms with Gasteiger partial charge in [0.2, 0.25) is 29.4 Å². The number of ketones is 2. The summed E-state index contributed by atoms with van der Waals surface area (Å²) in [5.74, 6) is -9.17. The molecule has 2 aromatic carbocycles. The van der Waals surface area contributed by atoms with Crippen LogP contribution in [0.3, 0.4) is 0 Å². The number of allylic oxidation sites excluding steroid dienone is 2. The third kappa shape index (κ3) is 4.87. The first-order valence-corrected chi connectivity index (χ1v) is 12.8. The molecule has 44 heavy (non-hydrogen) atoms. The summed E-state index contributed by atoms with van der Waals surface area (Å²) >= 11 is 0. The molecule has 6 N–H and O–H groups in total. The molecule has 2 aliphatic rings. The molecule has 0 radical (unpaired) electrons. The molecule has 0 spiro atoms. The van der Waals surface area contributed by atoms with Crippen LogP contribution in [0.15, 0.2) is 75.0 Å². The molecule has 15 heteroatoms. The van der Waals surface area contributed by atoms with Crippen molar-refractivity contribution in [2.24, 2.45) is 0 Å². The number of aromatic nitrogens is 2. The van der Waals surface area contributed by atoms with E-state index in [0.717, 1.165) is 0 Å². The Hall–Kier alpha value is -6.38. The summed E-state index contributed by atoms with van der Waals surface area (Å²) in [5, 5.41) is 28.8. The molecule has 1 aromatic heterocycles. The number of aromatic amines is 1. The van der Waals surface area contributed by atoms with Crippen LogP contribution in [-0.4, -0.2) is 55.0 Å². The average molecular weight is 600 g/mol. The third-order valence-corrected chi connectivity index (χ3v) is 6.71. The summed E-state index contributed by atoms with van der Waals surface area (Å²) in [7, 11) is 0. The Morgan fingerprint density at radius 2 is 1.43 bits per heavy atom. The first-order chi connectivity index (χ1) is 20.8. The second-order valence-electron chi connectivity index (χ2n) is 9.75. The Morgan fingerprint density at radius 1 is 0.818 bits per heavy atom. The van der Waals surface area contributed by atoms with Gasteiger partial charge in [0.05, 0.1) is 22.4 Å². The number of amides is 4. The van der Waals surface area contributed by atoms with E-state index in [1.807, 2.05) is 10.3 Å². The second-order valence-corrected chi connectivity index (χ2v) is 9.75. The molecule has 2 heterocycles. The lowest BCUT2D eigenvalue weighted by Crippen LogP contribution is -2.48.